The number of primary amides is 1. The van der Waals surface area contributed by atoms with Crippen LogP contribution >= 0.6 is 0 Å². The number of ether oxygens (including phenoxy) is 1. The number of fused-ring (bicyclic) bond motifs is 1. The van der Waals surface area contributed by atoms with Crippen molar-refractivity contribution in [3.8, 4) is 5.75 Å². The third-order valence-electron chi connectivity index (χ3n) is 5.38. The molecule has 2 heterocycles. The van der Waals surface area contributed by atoms with Crippen LogP contribution in [0.15, 0.2) is 48.8 Å². The Bertz CT molecular complexity index is 943. The standard InChI is InChI=1S/C21H24N4O2/c1-27-20-13-19-18(12-17(20)21(22)26)23-14-25(19)24-9-7-16(8-10-24)11-15-5-3-2-4-6-15/h2-6,12-14,16H,7-11H2,1H3,(H2,22,26). The molecule has 1 aliphatic rings. The second kappa shape index (κ2) is 7.31. The lowest BCUT2D eigenvalue weighted by atomic mass is 9.91. The molecule has 27 heavy (non-hydrogen) atoms. The Morgan fingerprint density at radius 2 is 1.96 bits per heavy atom. The maximum atomic E-state index is 11.6. The van der Waals surface area contributed by atoms with E-state index >= 15 is 0 Å². The lowest BCUT2D eigenvalue weighted by molar-refractivity contribution is 0.0997. The van der Waals surface area contributed by atoms with Gasteiger partial charge < -0.3 is 15.5 Å². The van der Waals surface area contributed by atoms with Crippen molar-refractivity contribution in [2.75, 3.05) is 25.2 Å². The molecule has 0 radical (unpaired) electrons. The second-order valence-electron chi connectivity index (χ2n) is 7.08. The average molecular weight is 364 g/mol. The molecule has 2 aromatic carbocycles. The lowest BCUT2D eigenvalue weighted by Crippen LogP contribution is -2.41. The smallest absolute Gasteiger partial charge is 0.252 e. The lowest BCUT2D eigenvalue weighted by Gasteiger charge is -2.34. The van der Waals surface area contributed by atoms with Crippen LogP contribution in [0.5, 0.6) is 5.75 Å². The quantitative estimate of drug-likeness (QED) is 0.755. The third-order valence-corrected chi connectivity index (χ3v) is 5.38. The van der Waals surface area contributed by atoms with E-state index in [9.17, 15) is 4.79 Å². The summed E-state index contributed by atoms with van der Waals surface area (Å²) in [6, 6.07) is 14.2. The highest BCUT2D eigenvalue weighted by molar-refractivity contribution is 5.99. The van der Waals surface area contributed by atoms with Crippen molar-refractivity contribution in [1.82, 2.24) is 9.66 Å². The van der Waals surface area contributed by atoms with E-state index in [2.05, 4.69) is 45.0 Å². The normalized spacial score (nSPS) is 15.2. The maximum absolute atomic E-state index is 11.6. The molecule has 140 valence electrons. The number of benzene rings is 2. The summed E-state index contributed by atoms with van der Waals surface area (Å²) in [7, 11) is 1.55. The minimum Gasteiger partial charge on any atom is -0.496 e. The molecule has 1 aliphatic heterocycles. The fourth-order valence-electron chi connectivity index (χ4n) is 3.90. The van der Waals surface area contributed by atoms with Crippen LogP contribution < -0.4 is 15.5 Å². The van der Waals surface area contributed by atoms with Gasteiger partial charge >= 0.3 is 0 Å². The SMILES string of the molecule is COc1cc2c(cc1C(N)=O)ncn2N1CCC(Cc2ccccc2)CC1. The summed E-state index contributed by atoms with van der Waals surface area (Å²) in [4.78, 5) is 16.1. The topological polar surface area (TPSA) is 73.4 Å². The number of hydrogen-bond acceptors (Lipinski definition) is 4. The molecule has 0 unspecified atom stereocenters. The van der Waals surface area contributed by atoms with E-state index in [1.165, 1.54) is 5.56 Å². The molecule has 3 aromatic rings. The molecule has 0 spiro atoms. The summed E-state index contributed by atoms with van der Waals surface area (Å²) < 4.78 is 7.42. The molecule has 0 saturated carbocycles. The predicted octanol–water partition coefficient (Wildman–Crippen LogP) is 2.73. The van der Waals surface area contributed by atoms with E-state index in [1.54, 1.807) is 13.2 Å². The first-order valence-electron chi connectivity index (χ1n) is 9.29. The van der Waals surface area contributed by atoms with Crippen molar-refractivity contribution in [1.29, 1.82) is 0 Å². The van der Waals surface area contributed by atoms with Crippen LogP contribution in [0.1, 0.15) is 28.8 Å². The number of rotatable bonds is 5. The molecule has 1 fully saturated rings. The van der Waals surface area contributed by atoms with Crippen LogP contribution in [0.25, 0.3) is 11.0 Å². The van der Waals surface area contributed by atoms with E-state index in [0.717, 1.165) is 43.4 Å². The summed E-state index contributed by atoms with van der Waals surface area (Å²) in [5.41, 5.74) is 8.89. The Morgan fingerprint density at radius 1 is 1.22 bits per heavy atom. The van der Waals surface area contributed by atoms with Crippen molar-refractivity contribution in [2.24, 2.45) is 11.7 Å². The Labute approximate surface area is 158 Å². The van der Waals surface area contributed by atoms with E-state index in [-0.39, 0.29) is 0 Å². The predicted molar refractivity (Wildman–Crippen MR) is 106 cm³/mol. The fourth-order valence-corrected chi connectivity index (χ4v) is 3.90. The highest BCUT2D eigenvalue weighted by atomic mass is 16.5. The first-order chi connectivity index (χ1) is 13.2. The van der Waals surface area contributed by atoms with Gasteiger partial charge in [-0.05, 0) is 36.8 Å². The third kappa shape index (κ3) is 3.47. The van der Waals surface area contributed by atoms with Crippen molar-refractivity contribution < 1.29 is 9.53 Å². The highest BCUT2D eigenvalue weighted by Crippen LogP contribution is 2.27. The van der Waals surface area contributed by atoms with Gasteiger partial charge in [0, 0.05) is 19.2 Å². The second-order valence-corrected chi connectivity index (χ2v) is 7.08. The van der Waals surface area contributed by atoms with Crippen LogP contribution in [-0.2, 0) is 6.42 Å². The van der Waals surface area contributed by atoms with Crippen LogP contribution in [-0.4, -0.2) is 35.8 Å². The van der Waals surface area contributed by atoms with Gasteiger partial charge in [0.25, 0.3) is 5.91 Å². The zero-order valence-electron chi connectivity index (χ0n) is 15.5. The fraction of sp³-hybridized carbons (Fsp3) is 0.333. The highest BCUT2D eigenvalue weighted by Gasteiger charge is 2.22. The van der Waals surface area contributed by atoms with Gasteiger partial charge in [-0.3, -0.25) is 4.79 Å². The zero-order chi connectivity index (χ0) is 18.8. The van der Waals surface area contributed by atoms with Crippen LogP contribution in [0.2, 0.25) is 0 Å². The molecule has 0 bridgehead atoms. The van der Waals surface area contributed by atoms with Crippen molar-refractivity contribution >= 4 is 16.9 Å². The van der Waals surface area contributed by atoms with E-state index in [0.29, 0.717) is 17.2 Å². The summed E-state index contributed by atoms with van der Waals surface area (Å²) in [6.07, 6.45) is 5.23. The van der Waals surface area contributed by atoms with Crippen molar-refractivity contribution in [2.45, 2.75) is 19.3 Å². The number of aromatic nitrogens is 2. The monoisotopic (exact) mass is 364 g/mol. The molecule has 1 saturated heterocycles. The summed E-state index contributed by atoms with van der Waals surface area (Å²) in [6.45, 7) is 1.95. The first-order valence-corrected chi connectivity index (χ1v) is 9.29. The molecule has 6 heteroatoms. The van der Waals surface area contributed by atoms with E-state index < -0.39 is 5.91 Å². The van der Waals surface area contributed by atoms with E-state index in [4.69, 9.17) is 10.5 Å². The van der Waals surface area contributed by atoms with Crippen LogP contribution in [0, 0.1) is 5.92 Å². The minimum absolute atomic E-state index is 0.358. The Morgan fingerprint density at radius 3 is 2.63 bits per heavy atom. The number of carbonyl (C=O) groups is 1. The number of carbonyl (C=O) groups excluding carboxylic acids is 1. The van der Waals surface area contributed by atoms with Crippen molar-refractivity contribution in [3.63, 3.8) is 0 Å². The molecule has 1 amide bonds. The van der Waals surface area contributed by atoms with Gasteiger partial charge in [-0.25, -0.2) is 9.66 Å². The van der Waals surface area contributed by atoms with Crippen molar-refractivity contribution in [3.05, 3.63) is 59.9 Å². The number of nitrogens with zero attached hydrogens (tertiary/aromatic N) is 3. The molecule has 4 rings (SSSR count). The molecule has 2 N–H and O–H groups in total. The molecule has 6 nitrogen and oxygen atoms in total. The maximum Gasteiger partial charge on any atom is 0.252 e. The van der Waals surface area contributed by atoms with Gasteiger partial charge in [0.05, 0.1) is 23.7 Å². The Balaban J connectivity index is 1.51. The largest absolute Gasteiger partial charge is 0.496 e. The molecular weight excluding hydrogens is 340 g/mol. The number of amides is 1. The number of nitrogens with two attached hydrogens (primary N) is 1. The zero-order valence-corrected chi connectivity index (χ0v) is 15.5. The van der Waals surface area contributed by atoms with Crippen LogP contribution in [0.4, 0.5) is 0 Å². The molecule has 0 aliphatic carbocycles. The number of methoxy groups -OCH3 is 1. The van der Waals surface area contributed by atoms with Gasteiger partial charge in [0.1, 0.15) is 12.1 Å². The number of imidazole rings is 1. The van der Waals surface area contributed by atoms with Gasteiger partial charge in [-0.1, -0.05) is 30.3 Å². The summed E-state index contributed by atoms with van der Waals surface area (Å²) in [5.74, 6) is 0.676. The van der Waals surface area contributed by atoms with Gasteiger partial charge in [-0.2, -0.15) is 0 Å². The first kappa shape index (κ1) is 17.4. The van der Waals surface area contributed by atoms with Gasteiger partial charge in [-0.15, -0.1) is 0 Å². The molecular formula is C21H24N4O2. The summed E-state index contributed by atoms with van der Waals surface area (Å²) >= 11 is 0. The van der Waals surface area contributed by atoms with E-state index in [1.807, 2.05) is 12.4 Å². The molecule has 0 atom stereocenters. The number of hydrogen-bond donors (Lipinski definition) is 1. The van der Waals surface area contributed by atoms with Gasteiger partial charge in [0.15, 0.2) is 0 Å². The number of piperidine rings is 1. The Kier molecular flexibility index (Phi) is 4.71. The Hall–Kier alpha value is -3.02. The summed E-state index contributed by atoms with van der Waals surface area (Å²) in [5, 5.41) is 2.31. The van der Waals surface area contributed by atoms with Crippen LogP contribution in [0.3, 0.4) is 0 Å². The minimum atomic E-state index is -0.509. The molecule has 1 aromatic heterocycles. The van der Waals surface area contributed by atoms with Gasteiger partial charge in [0.2, 0.25) is 0 Å². The average Bonchev–Trinajstić information content (AvgIpc) is 3.11.